The third-order valence-corrected chi connectivity index (χ3v) is 3.99. The van der Waals surface area contributed by atoms with Gasteiger partial charge in [0.2, 0.25) is 5.91 Å². The molecule has 0 aliphatic carbocycles. The predicted molar refractivity (Wildman–Crippen MR) is 87.0 cm³/mol. The Morgan fingerprint density at radius 3 is 3.04 bits per heavy atom. The molecule has 0 spiro atoms. The number of carbonyl (C=O) groups is 1. The fourth-order valence-corrected chi connectivity index (χ4v) is 2.66. The Hall–Kier alpha value is -2.25. The predicted octanol–water partition coefficient (Wildman–Crippen LogP) is 1.16. The van der Waals surface area contributed by atoms with E-state index in [0.29, 0.717) is 32.8 Å². The first kappa shape index (κ1) is 16.6. The minimum absolute atomic E-state index is 0.00860. The molecule has 1 amide bonds. The van der Waals surface area contributed by atoms with Gasteiger partial charge in [-0.3, -0.25) is 9.48 Å². The van der Waals surface area contributed by atoms with Gasteiger partial charge in [0.25, 0.3) is 0 Å². The molecule has 1 aliphatic rings. The number of nitrogens with zero attached hydrogens (tertiary/aromatic N) is 3. The molecule has 0 bridgehead atoms. The number of amides is 1. The monoisotopic (exact) mass is 330 g/mol. The van der Waals surface area contributed by atoms with Gasteiger partial charge in [-0.05, 0) is 12.0 Å². The average molecular weight is 330 g/mol. The van der Waals surface area contributed by atoms with E-state index in [2.05, 4.69) is 15.4 Å². The van der Waals surface area contributed by atoms with E-state index in [1.54, 1.807) is 11.0 Å². The molecule has 7 nitrogen and oxygen atoms in total. The molecule has 0 radical (unpaired) electrons. The standard InChI is InChI=1S/C17H22N4O3/c22-17(6-8-21-13-18-12-19-21)20-15-7-9-23-11-16(15)24-10-14-4-2-1-3-5-14/h1-5,12-13,15-16H,6-11H2,(H,20,22)/t15-,16-/m1/s1. The van der Waals surface area contributed by atoms with Gasteiger partial charge in [-0.2, -0.15) is 5.10 Å². The van der Waals surface area contributed by atoms with Crippen molar-refractivity contribution in [3.05, 3.63) is 48.5 Å². The first-order valence-electron chi connectivity index (χ1n) is 8.16. The van der Waals surface area contributed by atoms with E-state index in [1.165, 1.54) is 6.33 Å². The number of aryl methyl sites for hydroxylation is 1. The molecule has 1 aromatic carbocycles. The highest BCUT2D eigenvalue weighted by atomic mass is 16.5. The Morgan fingerprint density at radius 2 is 2.25 bits per heavy atom. The minimum Gasteiger partial charge on any atom is -0.379 e. The number of rotatable bonds is 7. The molecular weight excluding hydrogens is 308 g/mol. The van der Waals surface area contributed by atoms with E-state index < -0.39 is 0 Å². The molecule has 0 unspecified atom stereocenters. The van der Waals surface area contributed by atoms with Crippen molar-refractivity contribution >= 4 is 5.91 Å². The zero-order valence-electron chi connectivity index (χ0n) is 13.5. The lowest BCUT2D eigenvalue weighted by molar-refractivity contribution is -0.126. The molecule has 1 aliphatic heterocycles. The van der Waals surface area contributed by atoms with Crippen LogP contribution in [0, 0.1) is 0 Å². The van der Waals surface area contributed by atoms with Crippen molar-refractivity contribution in [3.8, 4) is 0 Å². The highest BCUT2D eigenvalue weighted by molar-refractivity contribution is 5.76. The lowest BCUT2D eigenvalue weighted by atomic mass is 10.1. The lowest BCUT2D eigenvalue weighted by Crippen LogP contribution is -2.50. The summed E-state index contributed by atoms with van der Waals surface area (Å²) in [7, 11) is 0. The lowest BCUT2D eigenvalue weighted by Gasteiger charge is -2.32. The third-order valence-electron chi connectivity index (χ3n) is 3.99. The molecule has 2 heterocycles. The molecule has 2 atom stereocenters. The van der Waals surface area contributed by atoms with Crippen molar-refractivity contribution in [2.24, 2.45) is 0 Å². The summed E-state index contributed by atoms with van der Waals surface area (Å²) in [5.74, 6) is -0.00860. The summed E-state index contributed by atoms with van der Waals surface area (Å²) in [5, 5.41) is 7.06. The van der Waals surface area contributed by atoms with Crippen LogP contribution in [0.3, 0.4) is 0 Å². The normalized spacial score (nSPS) is 20.7. The van der Waals surface area contributed by atoms with Gasteiger partial charge < -0.3 is 14.8 Å². The highest BCUT2D eigenvalue weighted by Crippen LogP contribution is 2.14. The van der Waals surface area contributed by atoms with Crippen LogP contribution in [0.2, 0.25) is 0 Å². The molecule has 1 aromatic heterocycles. The van der Waals surface area contributed by atoms with Gasteiger partial charge in [0, 0.05) is 13.0 Å². The number of benzene rings is 1. The summed E-state index contributed by atoms with van der Waals surface area (Å²) in [4.78, 5) is 16.0. The summed E-state index contributed by atoms with van der Waals surface area (Å²) < 4.78 is 13.1. The first-order valence-corrected chi connectivity index (χ1v) is 8.16. The van der Waals surface area contributed by atoms with E-state index in [0.717, 1.165) is 12.0 Å². The quantitative estimate of drug-likeness (QED) is 0.824. The zero-order chi connectivity index (χ0) is 16.6. The summed E-state index contributed by atoms with van der Waals surface area (Å²) >= 11 is 0. The Bertz CT molecular complexity index is 618. The van der Waals surface area contributed by atoms with Crippen LogP contribution in [0.4, 0.5) is 0 Å². The first-order chi connectivity index (χ1) is 11.8. The van der Waals surface area contributed by atoms with Gasteiger partial charge in [0.15, 0.2) is 0 Å². The summed E-state index contributed by atoms with van der Waals surface area (Å²) in [6, 6.07) is 9.97. The molecule has 7 heteroatoms. The van der Waals surface area contributed by atoms with Crippen molar-refractivity contribution in [3.63, 3.8) is 0 Å². The van der Waals surface area contributed by atoms with Crippen LogP contribution in [-0.2, 0) is 27.4 Å². The van der Waals surface area contributed by atoms with Gasteiger partial charge in [-0.25, -0.2) is 4.98 Å². The van der Waals surface area contributed by atoms with Crippen molar-refractivity contribution in [2.75, 3.05) is 13.2 Å². The maximum atomic E-state index is 12.2. The second-order valence-electron chi connectivity index (χ2n) is 5.78. The number of aromatic nitrogens is 3. The minimum atomic E-state index is -0.130. The van der Waals surface area contributed by atoms with Crippen molar-refractivity contribution in [1.82, 2.24) is 20.1 Å². The Morgan fingerprint density at radius 1 is 1.38 bits per heavy atom. The Labute approximate surface area is 141 Å². The van der Waals surface area contributed by atoms with Crippen LogP contribution in [0.5, 0.6) is 0 Å². The van der Waals surface area contributed by atoms with Crippen molar-refractivity contribution < 1.29 is 14.3 Å². The number of nitrogens with one attached hydrogen (secondary N) is 1. The summed E-state index contributed by atoms with van der Waals surface area (Å²) in [5.41, 5.74) is 1.11. The summed E-state index contributed by atoms with van der Waals surface area (Å²) in [6.45, 7) is 2.17. The fraction of sp³-hybridized carbons (Fsp3) is 0.471. The second-order valence-corrected chi connectivity index (χ2v) is 5.78. The van der Waals surface area contributed by atoms with Crippen LogP contribution in [0.1, 0.15) is 18.4 Å². The number of carbonyl (C=O) groups excluding carboxylic acids is 1. The van der Waals surface area contributed by atoms with Crippen LogP contribution in [0.25, 0.3) is 0 Å². The number of ether oxygens (including phenoxy) is 2. The molecule has 24 heavy (non-hydrogen) atoms. The average Bonchev–Trinajstić information content (AvgIpc) is 3.14. The SMILES string of the molecule is O=C(CCn1cncn1)N[C@@H]1CCOC[C@H]1OCc1ccccc1. The van der Waals surface area contributed by atoms with Crippen LogP contribution in [0.15, 0.2) is 43.0 Å². The van der Waals surface area contributed by atoms with Gasteiger partial charge in [0.05, 0.1) is 25.8 Å². The van der Waals surface area contributed by atoms with E-state index in [-0.39, 0.29) is 18.1 Å². The molecule has 0 saturated carbocycles. The fourth-order valence-electron chi connectivity index (χ4n) is 2.66. The van der Waals surface area contributed by atoms with E-state index >= 15 is 0 Å². The van der Waals surface area contributed by atoms with Crippen LogP contribution >= 0.6 is 0 Å². The molecule has 128 valence electrons. The van der Waals surface area contributed by atoms with E-state index in [4.69, 9.17) is 9.47 Å². The zero-order valence-corrected chi connectivity index (χ0v) is 13.5. The van der Waals surface area contributed by atoms with Crippen LogP contribution in [-0.4, -0.2) is 46.0 Å². The summed E-state index contributed by atoms with van der Waals surface area (Å²) in [6.07, 6.45) is 4.06. The highest BCUT2D eigenvalue weighted by Gasteiger charge is 2.27. The van der Waals surface area contributed by atoms with Gasteiger partial charge in [-0.1, -0.05) is 30.3 Å². The molecule has 1 saturated heterocycles. The molecule has 3 rings (SSSR count). The van der Waals surface area contributed by atoms with Crippen molar-refractivity contribution in [1.29, 1.82) is 0 Å². The van der Waals surface area contributed by atoms with E-state index in [9.17, 15) is 4.79 Å². The molecular formula is C17H22N4O3. The smallest absolute Gasteiger partial charge is 0.222 e. The topological polar surface area (TPSA) is 78.3 Å². The third kappa shape index (κ3) is 4.87. The van der Waals surface area contributed by atoms with Gasteiger partial charge in [-0.15, -0.1) is 0 Å². The van der Waals surface area contributed by atoms with Crippen molar-refractivity contribution in [2.45, 2.75) is 38.1 Å². The van der Waals surface area contributed by atoms with Gasteiger partial charge in [0.1, 0.15) is 18.8 Å². The largest absolute Gasteiger partial charge is 0.379 e. The number of hydrogen-bond donors (Lipinski definition) is 1. The Kier molecular flexibility index (Phi) is 5.92. The maximum Gasteiger partial charge on any atom is 0.222 e. The Balaban J connectivity index is 1.47. The van der Waals surface area contributed by atoms with Crippen LogP contribution < -0.4 is 5.32 Å². The van der Waals surface area contributed by atoms with E-state index in [1.807, 2.05) is 30.3 Å². The second kappa shape index (κ2) is 8.56. The molecule has 1 fully saturated rings. The maximum absolute atomic E-state index is 12.2. The van der Waals surface area contributed by atoms with Gasteiger partial charge >= 0.3 is 0 Å². The molecule has 1 N–H and O–H groups in total. The number of hydrogen-bond acceptors (Lipinski definition) is 5. The molecule has 2 aromatic rings.